The third-order valence-electron chi connectivity index (χ3n) is 6.12. The average Bonchev–Trinajstić information content (AvgIpc) is 2.67. The van der Waals surface area contributed by atoms with Gasteiger partial charge in [-0.1, -0.05) is 26.0 Å². The van der Waals surface area contributed by atoms with Crippen molar-refractivity contribution >= 4 is 5.91 Å². The number of morpholine rings is 1. The lowest BCUT2D eigenvalue weighted by molar-refractivity contribution is -0.139. The quantitative estimate of drug-likeness (QED) is 0.723. The van der Waals surface area contributed by atoms with Gasteiger partial charge >= 0.3 is 0 Å². The first-order chi connectivity index (χ1) is 13.8. The first kappa shape index (κ1) is 22.1. The Morgan fingerprint density at radius 1 is 1.14 bits per heavy atom. The van der Waals surface area contributed by atoms with E-state index < -0.39 is 6.10 Å². The molecule has 2 heterocycles. The molecule has 2 aliphatic heterocycles. The maximum absolute atomic E-state index is 12.9. The lowest BCUT2D eigenvalue weighted by Gasteiger charge is -2.39. The summed E-state index contributed by atoms with van der Waals surface area (Å²) in [6.07, 6.45) is 2.32. The number of nitrogens with zero attached hydrogens (tertiary/aromatic N) is 2. The number of rotatable bonds is 6. The molecule has 5 nitrogen and oxygen atoms in total. The monoisotopic (exact) mass is 402 g/mol. The van der Waals surface area contributed by atoms with Crippen molar-refractivity contribution in [1.29, 1.82) is 0 Å². The van der Waals surface area contributed by atoms with E-state index in [1.165, 1.54) is 5.56 Å². The third-order valence-corrected chi connectivity index (χ3v) is 6.12. The SMILES string of the molecule is CC1CN(CC2CCN(C(=O)C(C)Oc3cccc(C(C)C)c3)CC2)CC(C)O1. The van der Waals surface area contributed by atoms with Crippen molar-refractivity contribution in [3.8, 4) is 5.75 Å². The molecule has 0 radical (unpaired) electrons. The van der Waals surface area contributed by atoms with Crippen LogP contribution in [0.15, 0.2) is 24.3 Å². The Labute approximate surface area is 176 Å². The van der Waals surface area contributed by atoms with E-state index >= 15 is 0 Å². The smallest absolute Gasteiger partial charge is 0.263 e. The molecule has 2 saturated heterocycles. The van der Waals surface area contributed by atoms with Crippen molar-refractivity contribution in [1.82, 2.24) is 9.80 Å². The van der Waals surface area contributed by atoms with E-state index in [0.717, 1.165) is 51.3 Å². The number of hydrogen-bond donors (Lipinski definition) is 0. The molecule has 29 heavy (non-hydrogen) atoms. The summed E-state index contributed by atoms with van der Waals surface area (Å²) in [5, 5.41) is 0. The molecule has 0 bridgehead atoms. The molecule has 1 aromatic rings. The molecule has 0 saturated carbocycles. The number of likely N-dealkylation sites (tertiary alicyclic amines) is 1. The molecule has 3 rings (SSSR count). The van der Waals surface area contributed by atoms with Crippen molar-refractivity contribution in [2.24, 2.45) is 5.92 Å². The van der Waals surface area contributed by atoms with Gasteiger partial charge < -0.3 is 14.4 Å². The topological polar surface area (TPSA) is 42.0 Å². The Hall–Kier alpha value is -1.59. The highest BCUT2D eigenvalue weighted by molar-refractivity contribution is 5.81. The fraction of sp³-hybridized carbons (Fsp3) is 0.708. The van der Waals surface area contributed by atoms with E-state index in [2.05, 4.69) is 38.7 Å². The lowest BCUT2D eigenvalue weighted by atomic mass is 9.95. The van der Waals surface area contributed by atoms with Crippen LogP contribution in [-0.2, 0) is 9.53 Å². The average molecular weight is 403 g/mol. The first-order valence-electron chi connectivity index (χ1n) is 11.2. The number of hydrogen-bond acceptors (Lipinski definition) is 4. The summed E-state index contributed by atoms with van der Waals surface area (Å²) >= 11 is 0. The predicted octanol–water partition coefficient (Wildman–Crippen LogP) is 3.93. The van der Waals surface area contributed by atoms with Crippen LogP contribution in [0.3, 0.4) is 0 Å². The van der Waals surface area contributed by atoms with Crippen LogP contribution in [0.25, 0.3) is 0 Å². The maximum atomic E-state index is 12.9. The predicted molar refractivity (Wildman–Crippen MR) is 116 cm³/mol. The van der Waals surface area contributed by atoms with E-state index in [4.69, 9.17) is 9.47 Å². The summed E-state index contributed by atoms with van der Waals surface area (Å²) < 4.78 is 11.8. The second-order valence-corrected chi connectivity index (χ2v) is 9.23. The molecule has 0 N–H and O–H groups in total. The summed E-state index contributed by atoms with van der Waals surface area (Å²) in [5.41, 5.74) is 1.23. The van der Waals surface area contributed by atoms with Gasteiger partial charge in [-0.25, -0.2) is 0 Å². The summed E-state index contributed by atoms with van der Waals surface area (Å²) in [6.45, 7) is 15.3. The zero-order valence-corrected chi connectivity index (χ0v) is 18.8. The van der Waals surface area contributed by atoms with Crippen molar-refractivity contribution in [2.45, 2.75) is 71.7 Å². The normalized spacial score (nSPS) is 25.2. The summed E-state index contributed by atoms with van der Waals surface area (Å²) in [4.78, 5) is 17.4. The Morgan fingerprint density at radius 3 is 2.41 bits per heavy atom. The highest BCUT2D eigenvalue weighted by atomic mass is 16.5. The van der Waals surface area contributed by atoms with Gasteiger partial charge in [0.05, 0.1) is 12.2 Å². The highest BCUT2D eigenvalue weighted by Gasteiger charge is 2.30. The number of ether oxygens (including phenoxy) is 2. The van der Waals surface area contributed by atoms with Crippen molar-refractivity contribution in [3.63, 3.8) is 0 Å². The van der Waals surface area contributed by atoms with Gasteiger partial charge in [0.15, 0.2) is 6.10 Å². The molecule has 0 aliphatic carbocycles. The summed E-state index contributed by atoms with van der Waals surface area (Å²) in [6, 6.07) is 8.09. The van der Waals surface area contributed by atoms with Crippen LogP contribution in [0.2, 0.25) is 0 Å². The zero-order valence-electron chi connectivity index (χ0n) is 18.8. The Kier molecular flexibility index (Phi) is 7.58. The maximum Gasteiger partial charge on any atom is 0.263 e. The molecule has 1 amide bonds. The van der Waals surface area contributed by atoms with Crippen molar-refractivity contribution in [2.75, 3.05) is 32.7 Å². The molecule has 1 aromatic carbocycles. The molecular formula is C24H38N2O3. The molecule has 5 heteroatoms. The molecule has 2 fully saturated rings. The van der Waals surface area contributed by atoms with E-state index in [9.17, 15) is 4.79 Å². The second kappa shape index (κ2) is 9.94. The van der Waals surface area contributed by atoms with Crippen LogP contribution in [0, 0.1) is 5.92 Å². The molecule has 2 aliphatic rings. The summed E-state index contributed by atoms with van der Waals surface area (Å²) in [7, 11) is 0. The van der Waals surface area contributed by atoms with Crippen molar-refractivity contribution < 1.29 is 14.3 Å². The van der Waals surface area contributed by atoms with Crippen LogP contribution >= 0.6 is 0 Å². The van der Waals surface area contributed by atoms with E-state index in [-0.39, 0.29) is 5.91 Å². The molecule has 0 spiro atoms. The van der Waals surface area contributed by atoms with Crippen LogP contribution < -0.4 is 4.74 Å². The minimum Gasteiger partial charge on any atom is -0.481 e. The molecule has 0 aromatic heterocycles. The molecule has 3 atom stereocenters. The second-order valence-electron chi connectivity index (χ2n) is 9.23. The van der Waals surface area contributed by atoms with Gasteiger partial charge in [-0.2, -0.15) is 0 Å². The lowest BCUT2D eigenvalue weighted by Crippen LogP contribution is -2.49. The Balaban J connectivity index is 1.46. The fourth-order valence-corrected chi connectivity index (χ4v) is 4.59. The van der Waals surface area contributed by atoms with Gasteiger partial charge in [0.2, 0.25) is 0 Å². The molecule has 3 unspecified atom stereocenters. The highest BCUT2D eigenvalue weighted by Crippen LogP contribution is 2.24. The fourth-order valence-electron chi connectivity index (χ4n) is 4.59. The largest absolute Gasteiger partial charge is 0.481 e. The Bertz CT molecular complexity index is 660. The molecular weight excluding hydrogens is 364 g/mol. The van der Waals surface area contributed by atoms with Gasteiger partial charge in [0.25, 0.3) is 5.91 Å². The van der Waals surface area contributed by atoms with Crippen molar-refractivity contribution in [3.05, 3.63) is 29.8 Å². The number of carbonyl (C=O) groups excluding carboxylic acids is 1. The Morgan fingerprint density at radius 2 is 1.79 bits per heavy atom. The summed E-state index contributed by atoms with van der Waals surface area (Å²) in [5.74, 6) is 1.99. The van der Waals surface area contributed by atoms with E-state index in [1.807, 2.05) is 30.0 Å². The van der Waals surface area contributed by atoms with Crippen LogP contribution in [0.4, 0.5) is 0 Å². The standard InChI is InChI=1S/C24H38N2O3/c1-17(2)22-7-6-8-23(13-22)29-20(5)24(27)26-11-9-21(10-12-26)16-25-14-18(3)28-19(4)15-25/h6-8,13,17-21H,9-12,14-16H2,1-5H3. The zero-order chi connectivity index (χ0) is 21.0. The van der Waals surface area contributed by atoms with Crippen LogP contribution in [0.5, 0.6) is 5.75 Å². The minimum absolute atomic E-state index is 0.104. The van der Waals surface area contributed by atoms with E-state index in [0.29, 0.717) is 24.0 Å². The van der Waals surface area contributed by atoms with Gasteiger partial charge in [-0.3, -0.25) is 9.69 Å². The van der Waals surface area contributed by atoms with Crippen LogP contribution in [0.1, 0.15) is 58.9 Å². The number of amides is 1. The van der Waals surface area contributed by atoms with Gasteiger partial charge in [-0.15, -0.1) is 0 Å². The molecule has 162 valence electrons. The first-order valence-corrected chi connectivity index (χ1v) is 11.2. The number of piperidine rings is 1. The van der Waals surface area contributed by atoms with Crippen LogP contribution in [-0.4, -0.2) is 66.7 Å². The van der Waals surface area contributed by atoms with Gasteiger partial charge in [-0.05, 0) is 63.1 Å². The van der Waals surface area contributed by atoms with E-state index in [1.54, 1.807) is 0 Å². The van der Waals surface area contributed by atoms with Gasteiger partial charge in [0, 0.05) is 32.7 Å². The number of carbonyl (C=O) groups is 1. The third kappa shape index (κ3) is 6.19. The van der Waals surface area contributed by atoms with Gasteiger partial charge in [0.1, 0.15) is 5.75 Å². The number of benzene rings is 1. The minimum atomic E-state index is -0.449.